The van der Waals surface area contributed by atoms with Crippen LogP contribution in [0.25, 0.3) is 11.2 Å². The van der Waals surface area contributed by atoms with E-state index in [1.165, 1.54) is 6.20 Å². The van der Waals surface area contributed by atoms with Gasteiger partial charge in [0.15, 0.2) is 18.1 Å². The zero-order valence-corrected chi connectivity index (χ0v) is 17.4. The third-order valence-corrected chi connectivity index (χ3v) is 4.95. The van der Waals surface area contributed by atoms with Crippen LogP contribution in [0.3, 0.4) is 0 Å². The summed E-state index contributed by atoms with van der Waals surface area (Å²) in [4.78, 5) is 32.2. The molecule has 1 fully saturated rings. The van der Waals surface area contributed by atoms with Crippen LogP contribution in [0.4, 0.5) is 11.8 Å². The zero-order valence-electron chi connectivity index (χ0n) is 15.9. The van der Waals surface area contributed by atoms with Gasteiger partial charge < -0.3 is 20.3 Å². The molecular formula is C19H20BrN7O2. The number of nitrogens with one attached hydrogen (secondary N) is 2. The van der Waals surface area contributed by atoms with Crippen LogP contribution in [0.15, 0.2) is 34.9 Å². The lowest BCUT2D eigenvalue weighted by atomic mass is 10.3. The standard InChI is InChI=1S/C19H20BrN7O2/c1-12-17-18(26-19(23-12)27-8-6-21-7-9-27)22-10-15(25-17)24-16(28)11-29-14-4-2-13(20)3-5-14/h2-5,10,21H,6-9,11H2,1H3,(H,24,25,28). The van der Waals surface area contributed by atoms with Crippen molar-refractivity contribution in [2.24, 2.45) is 0 Å². The maximum absolute atomic E-state index is 12.2. The summed E-state index contributed by atoms with van der Waals surface area (Å²) in [5, 5.41) is 6.01. The second-order valence-electron chi connectivity index (χ2n) is 6.56. The molecule has 0 unspecified atom stereocenters. The molecule has 1 saturated heterocycles. The van der Waals surface area contributed by atoms with Gasteiger partial charge in [0.05, 0.1) is 11.9 Å². The first-order chi connectivity index (χ1) is 14.1. The number of halogens is 1. The highest BCUT2D eigenvalue weighted by Crippen LogP contribution is 2.19. The van der Waals surface area contributed by atoms with Crippen molar-refractivity contribution < 1.29 is 9.53 Å². The molecule has 150 valence electrons. The molecule has 3 aromatic rings. The highest BCUT2D eigenvalue weighted by atomic mass is 79.9. The van der Waals surface area contributed by atoms with Crippen molar-refractivity contribution in [1.29, 1.82) is 0 Å². The molecular weight excluding hydrogens is 438 g/mol. The predicted octanol–water partition coefficient (Wildman–Crippen LogP) is 1.92. The Morgan fingerprint density at radius 3 is 2.72 bits per heavy atom. The van der Waals surface area contributed by atoms with Crippen LogP contribution in [0.5, 0.6) is 5.75 Å². The number of carbonyl (C=O) groups is 1. The normalized spacial score (nSPS) is 14.1. The number of amides is 1. The van der Waals surface area contributed by atoms with Crippen molar-refractivity contribution in [3.63, 3.8) is 0 Å². The van der Waals surface area contributed by atoms with Gasteiger partial charge in [0.25, 0.3) is 5.91 Å². The van der Waals surface area contributed by atoms with E-state index in [-0.39, 0.29) is 12.5 Å². The van der Waals surface area contributed by atoms with E-state index in [0.29, 0.717) is 28.7 Å². The summed E-state index contributed by atoms with van der Waals surface area (Å²) in [5.74, 6) is 1.28. The van der Waals surface area contributed by atoms with Crippen LogP contribution in [0.2, 0.25) is 0 Å². The number of nitrogens with zero attached hydrogens (tertiary/aromatic N) is 5. The monoisotopic (exact) mass is 457 g/mol. The maximum atomic E-state index is 12.2. The van der Waals surface area contributed by atoms with Crippen LogP contribution in [-0.2, 0) is 4.79 Å². The molecule has 1 aromatic carbocycles. The first kappa shape index (κ1) is 19.5. The SMILES string of the molecule is Cc1nc(N2CCNCC2)nc2ncc(NC(=O)COc3ccc(Br)cc3)nc12. The fourth-order valence-corrected chi connectivity index (χ4v) is 3.22. The van der Waals surface area contributed by atoms with Gasteiger partial charge in [0, 0.05) is 30.7 Å². The average Bonchev–Trinajstić information content (AvgIpc) is 2.74. The lowest BCUT2D eigenvalue weighted by molar-refractivity contribution is -0.118. The van der Waals surface area contributed by atoms with Gasteiger partial charge in [-0.3, -0.25) is 4.79 Å². The molecule has 0 radical (unpaired) electrons. The number of benzene rings is 1. The van der Waals surface area contributed by atoms with Crippen LogP contribution >= 0.6 is 15.9 Å². The lowest BCUT2D eigenvalue weighted by Crippen LogP contribution is -2.44. The van der Waals surface area contributed by atoms with Crippen LogP contribution < -0.4 is 20.3 Å². The molecule has 3 heterocycles. The van der Waals surface area contributed by atoms with Gasteiger partial charge in [-0.1, -0.05) is 15.9 Å². The Morgan fingerprint density at radius 1 is 1.21 bits per heavy atom. The van der Waals surface area contributed by atoms with Gasteiger partial charge in [-0.15, -0.1) is 0 Å². The van der Waals surface area contributed by atoms with E-state index in [1.807, 2.05) is 19.1 Å². The third kappa shape index (κ3) is 4.77. The molecule has 29 heavy (non-hydrogen) atoms. The number of hydrogen-bond acceptors (Lipinski definition) is 8. The molecule has 9 nitrogen and oxygen atoms in total. The molecule has 1 aliphatic heterocycles. The minimum Gasteiger partial charge on any atom is -0.484 e. The van der Waals surface area contributed by atoms with E-state index in [1.54, 1.807) is 12.1 Å². The van der Waals surface area contributed by atoms with Gasteiger partial charge in [0.2, 0.25) is 5.95 Å². The van der Waals surface area contributed by atoms with Gasteiger partial charge >= 0.3 is 0 Å². The summed E-state index contributed by atoms with van der Waals surface area (Å²) >= 11 is 3.36. The van der Waals surface area contributed by atoms with Crippen molar-refractivity contribution in [3.8, 4) is 5.75 Å². The third-order valence-electron chi connectivity index (χ3n) is 4.42. The van der Waals surface area contributed by atoms with Crippen LogP contribution in [0.1, 0.15) is 5.69 Å². The molecule has 2 aromatic heterocycles. The molecule has 0 aliphatic carbocycles. The molecule has 4 rings (SSSR count). The van der Waals surface area contributed by atoms with Gasteiger partial charge in [-0.05, 0) is 31.2 Å². The highest BCUT2D eigenvalue weighted by Gasteiger charge is 2.16. The topological polar surface area (TPSA) is 105 Å². The number of piperazine rings is 1. The first-order valence-corrected chi connectivity index (χ1v) is 10.0. The number of hydrogen-bond donors (Lipinski definition) is 2. The van der Waals surface area contributed by atoms with Crippen molar-refractivity contribution in [2.75, 3.05) is 43.0 Å². The van der Waals surface area contributed by atoms with E-state index in [4.69, 9.17) is 4.74 Å². The molecule has 1 amide bonds. The summed E-state index contributed by atoms with van der Waals surface area (Å²) in [5.41, 5.74) is 1.80. The maximum Gasteiger partial charge on any atom is 0.263 e. The van der Waals surface area contributed by atoms with E-state index < -0.39 is 0 Å². The van der Waals surface area contributed by atoms with Crippen molar-refractivity contribution in [3.05, 3.63) is 40.6 Å². The molecule has 10 heteroatoms. The minimum absolute atomic E-state index is 0.126. The first-order valence-electron chi connectivity index (χ1n) is 9.24. The largest absolute Gasteiger partial charge is 0.484 e. The number of aryl methyl sites for hydroxylation is 1. The number of ether oxygens (including phenoxy) is 1. The predicted molar refractivity (Wildman–Crippen MR) is 113 cm³/mol. The van der Waals surface area contributed by atoms with Gasteiger partial charge in [0.1, 0.15) is 11.3 Å². The van der Waals surface area contributed by atoms with E-state index in [9.17, 15) is 4.79 Å². The Hall–Kier alpha value is -2.85. The van der Waals surface area contributed by atoms with E-state index >= 15 is 0 Å². The van der Waals surface area contributed by atoms with E-state index in [0.717, 1.165) is 36.3 Å². The smallest absolute Gasteiger partial charge is 0.263 e. The average molecular weight is 458 g/mol. The number of rotatable bonds is 5. The van der Waals surface area contributed by atoms with Crippen LogP contribution in [-0.4, -0.2) is 58.6 Å². The Kier molecular flexibility index (Phi) is 5.81. The summed E-state index contributed by atoms with van der Waals surface area (Å²) in [6, 6.07) is 7.26. The fourth-order valence-electron chi connectivity index (χ4n) is 2.96. The lowest BCUT2D eigenvalue weighted by Gasteiger charge is -2.27. The Morgan fingerprint density at radius 2 is 1.97 bits per heavy atom. The Labute approximate surface area is 176 Å². The molecule has 0 atom stereocenters. The number of carbonyl (C=O) groups excluding carboxylic acids is 1. The molecule has 0 spiro atoms. The molecule has 1 aliphatic rings. The minimum atomic E-state index is -0.322. The summed E-state index contributed by atoms with van der Waals surface area (Å²) < 4.78 is 6.42. The molecule has 2 N–H and O–H groups in total. The van der Waals surface area contributed by atoms with Gasteiger partial charge in [-0.2, -0.15) is 4.98 Å². The van der Waals surface area contributed by atoms with Crippen molar-refractivity contribution >= 4 is 44.8 Å². The Balaban J connectivity index is 1.44. The number of aromatic nitrogens is 4. The van der Waals surface area contributed by atoms with Gasteiger partial charge in [-0.25, -0.2) is 15.0 Å². The fraction of sp³-hybridized carbons (Fsp3) is 0.316. The second-order valence-corrected chi connectivity index (χ2v) is 7.48. The zero-order chi connectivity index (χ0) is 20.2. The number of fused-ring (bicyclic) bond motifs is 1. The quantitative estimate of drug-likeness (QED) is 0.598. The Bertz CT molecular complexity index is 1020. The second kappa shape index (κ2) is 8.66. The van der Waals surface area contributed by atoms with Crippen LogP contribution in [0, 0.1) is 6.92 Å². The van der Waals surface area contributed by atoms with Crippen molar-refractivity contribution in [2.45, 2.75) is 6.92 Å². The molecule has 0 bridgehead atoms. The number of anilines is 2. The van der Waals surface area contributed by atoms with Crippen molar-refractivity contribution in [1.82, 2.24) is 25.3 Å². The summed E-state index contributed by atoms with van der Waals surface area (Å²) in [6.45, 7) is 5.25. The highest BCUT2D eigenvalue weighted by molar-refractivity contribution is 9.10. The molecule has 0 saturated carbocycles. The summed E-state index contributed by atoms with van der Waals surface area (Å²) in [6.07, 6.45) is 1.49. The summed E-state index contributed by atoms with van der Waals surface area (Å²) in [7, 11) is 0. The van der Waals surface area contributed by atoms with E-state index in [2.05, 4.69) is 51.4 Å².